The molecule has 2 aromatic carbocycles. The summed E-state index contributed by atoms with van der Waals surface area (Å²) in [6.45, 7) is 6.30. The van der Waals surface area contributed by atoms with Gasteiger partial charge < -0.3 is 15.0 Å². The second kappa shape index (κ2) is 11.0. The third kappa shape index (κ3) is 5.08. The lowest BCUT2D eigenvalue weighted by Gasteiger charge is -2.38. The smallest absolute Gasteiger partial charge is 0.165 e. The third-order valence-corrected chi connectivity index (χ3v) is 7.72. The van der Waals surface area contributed by atoms with Crippen molar-refractivity contribution in [1.82, 2.24) is 30.0 Å². The third-order valence-electron chi connectivity index (χ3n) is 7.72. The average molecular weight is 548 g/mol. The second-order valence-electron chi connectivity index (χ2n) is 9.91. The Hall–Kier alpha value is -2.65. The number of halogens is 3. The van der Waals surface area contributed by atoms with E-state index in [2.05, 4.69) is 32.0 Å². The number of nitrogens with one attached hydrogen (secondary N) is 2. The van der Waals surface area contributed by atoms with Gasteiger partial charge in [-0.1, -0.05) is 13.0 Å². The number of hydrogen-bond acceptors (Lipinski definition) is 5. The Morgan fingerprint density at radius 2 is 1.89 bits per heavy atom. The van der Waals surface area contributed by atoms with Crippen LogP contribution in [0.5, 0.6) is 5.75 Å². The van der Waals surface area contributed by atoms with E-state index in [1.54, 1.807) is 0 Å². The summed E-state index contributed by atoms with van der Waals surface area (Å²) in [6, 6.07) is 9.55. The van der Waals surface area contributed by atoms with Gasteiger partial charge in [0.1, 0.15) is 5.69 Å². The van der Waals surface area contributed by atoms with Crippen LogP contribution in [-0.4, -0.2) is 67.8 Å². The van der Waals surface area contributed by atoms with Crippen molar-refractivity contribution >= 4 is 35.7 Å². The molecule has 198 valence electrons. The number of aryl methyl sites for hydroxylation is 1. The van der Waals surface area contributed by atoms with Crippen molar-refractivity contribution in [2.75, 3.05) is 26.7 Å². The molecule has 3 N–H and O–H groups in total. The molecule has 10 heteroatoms. The molecule has 0 aliphatic carbocycles. The minimum atomic E-state index is -0.613. The fourth-order valence-corrected chi connectivity index (χ4v) is 5.63. The summed E-state index contributed by atoms with van der Waals surface area (Å²) >= 11 is 0. The van der Waals surface area contributed by atoms with E-state index >= 15 is 0 Å². The molecule has 0 bridgehead atoms. The molecule has 6 rings (SSSR count). The van der Waals surface area contributed by atoms with Gasteiger partial charge in [-0.3, -0.25) is 10.00 Å². The summed E-state index contributed by atoms with van der Waals surface area (Å²) in [5, 5.41) is 18.5. The van der Waals surface area contributed by atoms with Crippen molar-refractivity contribution in [3.63, 3.8) is 0 Å². The van der Waals surface area contributed by atoms with Crippen molar-refractivity contribution in [3.05, 3.63) is 53.1 Å². The van der Waals surface area contributed by atoms with E-state index in [1.165, 1.54) is 43.8 Å². The minimum Gasteiger partial charge on any atom is -0.505 e. The Balaban J connectivity index is 0.00000160. The quantitative estimate of drug-likeness (QED) is 0.322. The zero-order valence-corrected chi connectivity index (χ0v) is 22.7. The van der Waals surface area contributed by atoms with E-state index in [0.29, 0.717) is 12.5 Å². The van der Waals surface area contributed by atoms with Gasteiger partial charge in [0, 0.05) is 30.9 Å². The number of nitrogens with zero attached hydrogens (tertiary/aromatic N) is 4. The SMILES string of the molecule is CCc1cc(O)c(F)cc1-c1ccc2c(-c3nc4c([nH]3)CN(C3CCN(C)CC3)CC4)n[nH]c2c1.Cl.Cl. The number of benzene rings is 2. The lowest BCUT2D eigenvalue weighted by atomic mass is 9.96. The van der Waals surface area contributed by atoms with Crippen molar-refractivity contribution in [2.24, 2.45) is 0 Å². The highest BCUT2D eigenvalue weighted by Gasteiger charge is 2.28. The first-order chi connectivity index (χ1) is 17.0. The highest BCUT2D eigenvalue weighted by atomic mass is 35.5. The first kappa shape index (κ1) is 27.4. The van der Waals surface area contributed by atoms with Gasteiger partial charge in [0.2, 0.25) is 0 Å². The maximum Gasteiger partial charge on any atom is 0.165 e. The van der Waals surface area contributed by atoms with Crippen molar-refractivity contribution in [1.29, 1.82) is 0 Å². The molecule has 7 nitrogen and oxygen atoms in total. The van der Waals surface area contributed by atoms with Crippen molar-refractivity contribution in [2.45, 2.75) is 45.2 Å². The van der Waals surface area contributed by atoms with E-state index in [0.717, 1.165) is 64.3 Å². The molecule has 0 unspecified atom stereocenters. The highest BCUT2D eigenvalue weighted by molar-refractivity contribution is 5.94. The van der Waals surface area contributed by atoms with Gasteiger partial charge in [-0.05, 0) is 80.4 Å². The number of imidazole rings is 1. The lowest BCUT2D eigenvalue weighted by molar-refractivity contribution is 0.108. The predicted molar refractivity (Wildman–Crippen MR) is 149 cm³/mol. The minimum absolute atomic E-state index is 0. The van der Waals surface area contributed by atoms with Crippen LogP contribution in [0.25, 0.3) is 33.5 Å². The van der Waals surface area contributed by atoms with Crippen molar-refractivity contribution < 1.29 is 9.50 Å². The van der Waals surface area contributed by atoms with Crippen LogP contribution in [-0.2, 0) is 19.4 Å². The van der Waals surface area contributed by atoms with Crippen LogP contribution in [0.15, 0.2) is 30.3 Å². The standard InChI is InChI=1S/C27H31FN6O.2ClH/c1-3-16-13-25(35)21(28)14-20(16)17-4-5-19-23(12-17)31-32-26(19)27-29-22-8-11-34(15-24(22)30-27)18-6-9-33(2)10-7-18;;/h4-5,12-14,18,35H,3,6-11,15H2,1-2H3,(H,29,30)(H,31,32);2*1H. The summed E-state index contributed by atoms with van der Waals surface area (Å²) in [5.74, 6) is -0.131. The average Bonchev–Trinajstić information content (AvgIpc) is 3.48. The van der Waals surface area contributed by atoms with Crippen LogP contribution in [0, 0.1) is 5.82 Å². The molecular formula is C27H33Cl2FN6O. The molecule has 1 fully saturated rings. The van der Waals surface area contributed by atoms with Gasteiger partial charge in [-0.25, -0.2) is 9.37 Å². The molecule has 4 aromatic rings. The van der Waals surface area contributed by atoms with Gasteiger partial charge in [0.05, 0.1) is 16.9 Å². The highest BCUT2D eigenvalue weighted by Crippen LogP contribution is 2.34. The first-order valence-electron chi connectivity index (χ1n) is 12.5. The molecule has 0 atom stereocenters. The molecule has 2 aromatic heterocycles. The summed E-state index contributed by atoms with van der Waals surface area (Å²) in [7, 11) is 2.20. The summed E-state index contributed by atoms with van der Waals surface area (Å²) < 4.78 is 14.1. The van der Waals surface area contributed by atoms with Gasteiger partial charge in [-0.2, -0.15) is 5.10 Å². The molecule has 0 spiro atoms. The van der Waals surface area contributed by atoms with E-state index in [9.17, 15) is 9.50 Å². The fourth-order valence-electron chi connectivity index (χ4n) is 5.63. The van der Waals surface area contributed by atoms with Crippen LogP contribution in [0.3, 0.4) is 0 Å². The molecule has 0 radical (unpaired) electrons. The Morgan fingerprint density at radius 3 is 2.65 bits per heavy atom. The lowest BCUT2D eigenvalue weighted by Crippen LogP contribution is -2.45. The summed E-state index contributed by atoms with van der Waals surface area (Å²) in [6.07, 6.45) is 4.10. The van der Waals surface area contributed by atoms with Gasteiger partial charge in [0.15, 0.2) is 17.4 Å². The zero-order valence-electron chi connectivity index (χ0n) is 21.1. The Bertz CT molecular complexity index is 1400. The molecule has 37 heavy (non-hydrogen) atoms. The monoisotopic (exact) mass is 546 g/mol. The number of piperidine rings is 1. The number of aromatic hydroxyl groups is 1. The maximum absolute atomic E-state index is 14.1. The Kier molecular flexibility index (Phi) is 8.14. The van der Waals surface area contributed by atoms with E-state index in [-0.39, 0.29) is 30.6 Å². The van der Waals surface area contributed by atoms with Crippen LogP contribution < -0.4 is 0 Å². The number of phenolic OH excluding ortho intramolecular Hbond substituents is 1. The normalized spacial score (nSPS) is 16.8. The molecule has 4 heterocycles. The number of hydrogen-bond donors (Lipinski definition) is 3. The molecular weight excluding hydrogens is 514 g/mol. The molecule has 0 amide bonds. The maximum atomic E-state index is 14.1. The van der Waals surface area contributed by atoms with E-state index in [1.807, 2.05) is 25.1 Å². The van der Waals surface area contributed by atoms with Crippen LogP contribution in [0.2, 0.25) is 0 Å². The number of rotatable bonds is 4. The fraction of sp³-hybridized carbons (Fsp3) is 0.407. The number of fused-ring (bicyclic) bond motifs is 2. The largest absolute Gasteiger partial charge is 0.505 e. The number of H-pyrrole nitrogens is 2. The molecule has 1 saturated heterocycles. The van der Waals surface area contributed by atoms with Crippen LogP contribution in [0.1, 0.15) is 36.7 Å². The Labute approximate surface area is 228 Å². The predicted octanol–water partition coefficient (Wildman–Crippen LogP) is 5.32. The summed E-state index contributed by atoms with van der Waals surface area (Å²) in [4.78, 5) is 13.5. The van der Waals surface area contributed by atoms with Crippen LogP contribution in [0.4, 0.5) is 4.39 Å². The van der Waals surface area contributed by atoms with Gasteiger partial charge >= 0.3 is 0 Å². The van der Waals surface area contributed by atoms with Crippen LogP contribution >= 0.6 is 24.8 Å². The summed E-state index contributed by atoms with van der Waals surface area (Å²) in [5.41, 5.74) is 6.58. The molecule has 0 saturated carbocycles. The molecule has 2 aliphatic rings. The zero-order chi connectivity index (χ0) is 24.1. The number of aromatic amines is 2. The van der Waals surface area contributed by atoms with Gasteiger partial charge in [-0.15, -0.1) is 24.8 Å². The number of likely N-dealkylation sites (tertiary alicyclic amines) is 1. The van der Waals surface area contributed by atoms with Gasteiger partial charge in [0.25, 0.3) is 0 Å². The molecule has 2 aliphatic heterocycles. The first-order valence-corrected chi connectivity index (χ1v) is 12.5. The number of phenols is 1. The number of aromatic nitrogens is 4. The van der Waals surface area contributed by atoms with Crippen molar-refractivity contribution in [3.8, 4) is 28.4 Å². The second-order valence-corrected chi connectivity index (χ2v) is 9.91. The Morgan fingerprint density at radius 1 is 1.11 bits per heavy atom. The topological polar surface area (TPSA) is 84.1 Å². The van der Waals surface area contributed by atoms with E-state index in [4.69, 9.17) is 4.98 Å². The van der Waals surface area contributed by atoms with E-state index < -0.39 is 5.82 Å².